The van der Waals surface area contributed by atoms with Crippen LogP contribution in [0.15, 0.2) is 46.8 Å². The lowest BCUT2D eigenvalue weighted by molar-refractivity contribution is -0.354. The molecule has 53 heavy (non-hydrogen) atoms. The zero-order valence-corrected chi connectivity index (χ0v) is 29.9. The molecular weight excluding hydrogens is 731 g/mol. The highest BCUT2D eigenvalue weighted by Gasteiger charge is 2.44. The molecule has 2 N–H and O–H groups in total. The van der Waals surface area contributed by atoms with Crippen molar-refractivity contribution in [1.82, 2.24) is 24.4 Å². The first-order chi connectivity index (χ1) is 25.3. The second-order valence-corrected chi connectivity index (χ2v) is 14.5. The zero-order valence-electron chi connectivity index (χ0n) is 28.4. The van der Waals surface area contributed by atoms with E-state index in [1.54, 1.807) is 36.6 Å². The molecule has 1 aliphatic heterocycles. The van der Waals surface area contributed by atoms with Crippen molar-refractivity contribution < 1.29 is 27.8 Å². The topological polar surface area (TPSA) is 146 Å². The number of piperidine rings is 1. The third-order valence-electron chi connectivity index (χ3n) is 9.83. The van der Waals surface area contributed by atoms with E-state index in [1.165, 1.54) is 28.3 Å². The summed E-state index contributed by atoms with van der Waals surface area (Å²) in [5.41, 5.74) is 2.38. The number of carboxylic acids is 1. The third kappa shape index (κ3) is 7.30. The number of anilines is 1. The van der Waals surface area contributed by atoms with Crippen molar-refractivity contribution in [2.24, 2.45) is 0 Å². The van der Waals surface area contributed by atoms with Gasteiger partial charge in [0.1, 0.15) is 23.3 Å². The smallest absolute Gasteiger partial charge is 0.478 e. The maximum atomic E-state index is 14.0. The number of ether oxygens (including phenoxy) is 1. The van der Waals surface area contributed by atoms with Gasteiger partial charge < -0.3 is 10.4 Å². The molecule has 2 fully saturated rings. The van der Waals surface area contributed by atoms with Crippen molar-refractivity contribution in [1.29, 1.82) is 5.26 Å². The molecular formula is C37H31ClF3N7O4S. The van der Waals surface area contributed by atoms with Crippen LogP contribution >= 0.6 is 22.9 Å². The molecule has 4 aromatic heterocycles. The number of benzene rings is 1. The molecule has 272 valence electrons. The minimum Gasteiger partial charge on any atom is -0.478 e. The Bertz CT molecular complexity index is 2430. The van der Waals surface area contributed by atoms with E-state index in [0.29, 0.717) is 64.4 Å². The molecule has 0 radical (unpaired) electrons. The van der Waals surface area contributed by atoms with Crippen molar-refractivity contribution in [2.75, 3.05) is 11.9 Å². The van der Waals surface area contributed by atoms with Crippen molar-refractivity contribution in [3.63, 3.8) is 0 Å². The van der Waals surface area contributed by atoms with Crippen LogP contribution in [-0.4, -0.2) is 72.6 Å². The number of hydrogen-bond donors (Lipinski definition) is 2. The number of aromatic nitrogens is 4. The number of carboxylic acid groups (broad SMARTS) is 1. The van der Waals surface area contributed by atoms with E-state index in [1.807, 2.05) is 6.92 Å². The molecule has 16 heteroatoms. The highest BCUT2D eigenvalue weighted by atomic mass is 35.5. The Morgan fingerprint density at radius 3 is 2.72 bits per heavy atom. The van der Waals surface area contributed by atoms with Gasteiger partial charge in [0, 0.05) is 58.0 Å². The number of nitriles is 1. The number of fused-ring (bicyclic) bond motifs is 2. The van der Waals surface area contributed by atoms with Crippen LogP contribution in [0.3, 0.4) is 0 Å². The summed E-state index contributed by atoms with van der Waals surface area (Å²) in [5.74, 6) is 5.78. The van der Waals surface area contributed by atoms with E-state index < -0.39 is 24.0 Å². The van der Waals surface area contributed by atoms with Gasteiger partial charge in [0.15, 0.2) is 0 Å². The molecule has 1 saturated carbocycles. The largest absolute Gasteiger partial charge is 0.522 e. The fourth-order valence-electron chi connectivity index (χ4n) is 7.23. The van der Waals surface area contributed by atoms with Gasteiger partial charge in [-0.2, -0.15) is 5.26 Å². The molecule has 2 aliphatic rings. The number of aryl methyl sites for hydroxylation is 1. The average Bonchev–Trinajstić information content (AvgIpc) is 3.53. The normalized spacial score (nSPS) is 20.4. The van der Waals surface area contributed by atoms with E-state index in [2.05, 4.69) is 47.8 Å². The van der Waals surface area contributed by atoms with E-state index in [-0.39, 0.29) is 52.5 Å². The number of alkyl halides is 3. The number of hydrogen-bond acceptors (Lipinski definition) is 10. The fourth-order valence-corrected chi connectivity index (χ4v) is 8.43. The Hall–Kier alpha value is -5.06. The highest BCUT2D eigenvalue weighted by Crippen LogP contribution is 2.38. The maximum Gasteiger partial charge on any atom is 0.522 e. The van der Waals surface area contributed by atoms with E-state index in [9.17, 15) is 33.1 Å². The molecule has 1 saturated heterocycles. The van der Waals surface area contributed by atoms with Crippen molar-refractivity contribution in [2.45, 2.75) is 76.7 Å². The molecule has 5 heterocycles. The Morgan fingerprint density at radius 2 is 2.00 bits per heavy atom. The van der Waals surface area contributed by atoms with Crippen molar-refractivity contribution in [3.05, 3.63) is 79.9 Å². The quantitative estimate of drug-likeness (QED) is 0.167. The zero-order chi connectivity index (χ0) is 37.6. The third-order valence-corrected chi connectivity index (χ3v) is 11.1. The van der Waals surface area contributed by atoms with Crippen LogP contribution in [0.4, 0.5) is 19.0 Å². The number of thiophene rings is 1. The van der Waals surface area contributed by atoms with Crippen LogP contribution in [0.25, 0.3) is 32.2 Å². The summed E-state index contributed by atoms with van der Waals surface area (Å²) in [6.45, 7) is 4.32. The van der Waals surface area contributed by atoms with Crippen LogP contribution in [0.5, 0.6) is 0 Å². The Labute approximate surface area is 310 Å². The van der Waals surface area contributed by atoms with Gasteiger partial charge in [0.25, 0.3) is 5.56 Å². The average molecular weight is 762 g/mol. The molecule has 0 unspecified atom stereocenters. The Balaban J connectivity index is 1.12. The van der Waals surface area contributed by atoms with Crippen LogP contribution in [0, 0.1) is 30.1 Å². The molecule has 1 aromatic carbocycles. The molecule has 1 aliphatic carbocycles. The molecule has 0 bridgehead atoms. The first kappa shape index (κ1) is 36.3. The SMILES string of the molecule is Cc1nc2cnc(N[C@H]3CCN(C4CC(OC(F)(F)F)C4)[C@@H](C)C3)c(C#N)c2c(=O)n1CC#Cc1ccc(Cl)cc1-c1ccnc2c(C(=O)O)csc12. The molecule has 0 spiro atoms. The summed E-state index contributed by atoms with van der Waals surface area (Å²) in [5, 5.41) is 25.3. The summed E-state index contributed by atoms with van der Waals surface area (Å²) < 4.78 is 44.0. The molecule has 7 rings (SSSR count). The first-order valence-electron chi connectivity index (χ1n) is 16.8. The number of halogens is 4. The predicted molar refractivity (Wildman–Crippen MR) is 194 cm³/mol. The van der Waals surface area contributed by atoms with E-state index >= 15 is 0 Å². The van der Waals surface area contributed by atoms with Gasteiger partial charge in [-0.05, 0) is 63.8 Å². The monoisotopic (exact) mass is 761 g/mol. The number of nitrogens with zero attached hydrogens (tertiary/aromatic N) is 6. The second-order valence-electron chi connectivity index (χ2n) is 13.1. The summed E-state index contributed by atoms with van der Waals surface area (Å²) >= 11 is 7.64. The van der Waals surface area contributed by atoms with Gasteiger partial charge in [0.2, 0.25) is 0 Å². The number of carbonyl (C=O) groups is 1. The predicted octanol–water partition coefficient (Wildman–Crippen LogP) is 6.98. The lowest BCUT2D eigenvalue weighted by Gasteiger charge is -2.48. The van der Waals surface area contributed by atoms with Gasteiger partial charge in [-0.3, -0.25) is 24.0 Å². The number of aromatic carboxylic acids is 1. The van der Waals surface area contributed by atoms with Crippen molar-refractivity contribution >= 4 is 55.8 Å². The van der Waals surface area contributed by atoms with Crippen LogP contribution < -0.4 is 10.9 Å². The summed E-state index contributed by atoms with van der Waals surface area (Å²) in [4.78, 5) is 41.2. The fraction of sp³-hybridized carbons (Fsp3) is 0.351. The first-order valence-corrected chi connectivity index (χ1v) is 18.0. The van der Waals surface area contributed by atoms with Gasteiger partial charge in [0.05, 0.1) is 45.5 Å². The van der Waals surface area contributed by atoms with Gasteiger partial charge >= 0.3 is 12.3 Å². The van der Waals surface area contributed by atoms with Gasteiger partial charge in [-0.15, -0.1) is 24.5 Å². The van der Waals surface area contributed by atoms with Crippen LogP contribution in [-0.2, 0) is 11.3 Å². The van der Waals surface area contributed by atoms with Gasteiger partial charge in [-0.1, -0.05) is 23.4 Å². The van der Waals surface area contributed by atoms with Crippen LogP contribution in [0.1, 0.15) is 59.9 Å². The minimum atomic E-state index is -4.63. The molecule has 0 amide bonds. The lowest BCUT2D eigenvalue weighted by Crippen LogP contribution is -2.56. The minimum absolute atomic E-state index is 0.0219. The number of nitrogens with one attached hydrogen (secondary N) is 1. The summed E-state index contributed by atoms with van der Waals surface area (Å²) in [6.07, 6.45) is -0.442. The maximum absolute atomic E-state index is 14.0. The van der Waals surface area contributed by atoms with Gasteiger partial charge in [-0.25, -0.2) is 14.8 Å². The molecule has 11 nitrogen and oxygen atoms in total. The Kier molecular flexibility index (Phi) is 9.86. The lowest BCUT2D eigenvalue weighted by atomic mass is 9.84. The standard InChI is InChI=1S/C37H31ClF3N7O4S/c1-19-12-23(8-11-47(19)24-14-25(15-24)52-37(39,40)41)46-34-28(16-42)31-30(17-44-34)45-20(2)48(35(31)49)10-3-4-21-5-6-22(38)13-27(21)26-7-9-43-32-29(36(50)51)18-53-33(26)32/h5-7,9,13,17-19,23-25H,8,10-12,14-15H2,1-2H3,(H,44,46)(H,50,51)/t19-,23-,24?,25?/m0/s1. The van der Waals surface area contributed by atoms with E-state index in [4.69, 9.17) is 11.6 Å². The second kappa shape index (κ2) is 14.4. The van der Waals surface area contributed by atoms with Crippen molar-refractivity contribution in [3.8, 4) is 29.0 Å². The molecule has 2 atom stereocenters. The molecule has 5 aromatic rings. The highest BCUT2D eigenvalue weighted by molar-refractivity contribution is 7.18. The number of rotatable bonds is 7. The number of pyridine rings is 2. The summed E-state index contributed by atoms with van der Waals surface area (Å²) in [6, 6.07) is 9.14. The Morgan fingerprint density at radius 1 is 1.21 bits per heavy atom. The van der Waals surface area contributed by atoms with E-state index in [0.717, 1.165) is 5.56 Å². The van der Waals surface area contributed by atoms with Crippen LogP contribution in [0.2, 0.25) is 5.02 Å². The summed E-state index contributed by atoms with van der Waals surface area (Å²) in [7, 11) is 0. The number of likely N-dealkylation sites (tertiary alicyclic amines) is 1.